The molecule has 0 spiro atoms. The molecule has 6 nitrogen and oxygen atoms in total. The lowest BCUT2D eigenvalue weighted by molar-refractivity contribution is -0.133. The highest BCUT2D eigenvalue weighted by Gasteiger charge is 2.33. The summed E-state index contributed by atoms with van der Waals surface area (Å²) in [6.07, 6.45) is 0.397. The molecule has 1 aliphatic carbocycles. The van der Waals surface area contributed by atoms with E-state index in [4.69, 9.17) is 20.6 Å². The van der Waals surface area contributed by atoms with Gasteiger partial charge in [0.2, 0.25) is 0 Å². The van der Waals surface area contributed by atoms with E-state index in [2.05, 4.69) is 5.32 Å². The smallest absolute Gasteiger partial charge is 0.254 e. The zero-order chi connectivity index (χ0) is 22.5. The van der Waals surface area contributed by atoms with E-state index in [0.29, 0.717) is 11.5 Å². The number of nitrogens with one attached hydrogen (secondary N) is 2. The van der Waals surface area contributed by atoms with Crippen LogP contribution in [-0.2, 0) is 16.1 Å². The molecule has 0 aromatic heterocycles. The summed E-state index contributed by atoms with van der Waals surface area (Å²) < 4.78 is 40.8. The number of hydrogen-bond donors (Lipinski definition) is 3. The van der Waals surface area contributed by atoms with Gasteiger partial charge in [0.25, 0.3) is 5.91 Å². The Morgan fingerprint density at radius 2 is 1.90 bits per heavy atom. The lowest BCUT2D eigenvalue weighted by Gasteiger charge is -2.21. The van der Waals surface area contributed by atoms with E-state index >= 15 is 4.39 Å². The Morgan fingerprint density at radius 1 is 1.23 bits per heavy atom. The van der Waals surface area contributed by atoms with Gasteiger partial charge in [0.15, 0.2) is 17.7 Å². The van der Waals surface area contributed by atoms with Crippen molar-refractivity contribution in [2.24, 2.45) is 11.7 Å². The number of halogens is 2. The summed E-state index contributed by atoms with van der Waals surface area (Å²) in [5, 5.41) is 10.1. The molecule has 1 amide bonds. The standard InChI is InChI=1S/C23H27F2N3O3/c1-3-30-21(23(29)28-12-14-4-6-16(7-5-14)22(26)27)19-17(24)10-11-18(20(19)25)31-13(2)15-8-9-15/h4-7,10-11,13,15,21H,3,8-9,12H2,1-2H3,(H3,26,27)(H,28,29). The summed E-state index contributed by atoms with van der Waals surface area (Å²) in [6, 6.07) is 9.07. The van der Waals surface area contributed by atoms with Crippen molar-refractivity contribution >= 4 is 11.7 Å². The van der Waals surface area contributed by atoms with Crippen LogP contribution in [0.15, 0.2) is 36.4 Å². The Kier molecular flexibility index (Phi) is 7.22. The fourth-order valence-electron chi connectivity index (χ4n) is 3.28. The second-order valence-corrected chi connectivity index (χ2v) is 7.60. The summed E-state index contributed by atoms with van der Waals surface area (Å²) in [5.74, 6) is -2.24. The van der Waals surface area contributed by atoms with Gasteiger partial charge in [-0.2, -0.15) is 0 Å². The van der Waals surface area contributed by atoms with E-state index in [1.165, 1.54) is 6.07 Å². The molecule has 3 rings (SSSR count). The van der Waals surface area contributed by atoms with Crippen LogP contribution in [0.2, 0.25) is 0 Å². The molecule has 1 fully saturated rings. The van der Waals surface area contributed by atoms with Crippen LogP contribution in [0.5, 0.6) is 5.75 Å². The van der Waals surface area contributed by atoms with Crippen LogP contribution >= 0.6 is 0 Å². The maximum Gasteiger partial charge on any atom is 0.254 e. The highest BCUT2D eigenvalue weighted by molar-refractivity contribution is 5.94. The lowest BCUT2D eigenvalue weighted by atomic mass is 10.1. The quantitative estimate of drug-likeness (QED) is 0.394. The monoisotopic (exact) mass is 431 g/mol. The molecule has 2 aromatic carbocycles. The van der Waals surface area contributed by atoms with Crippen molar-refractivity contribution in [3.63, 3.8) is 0 Å². The summed E-state index contributed by atoms with van der Waals surface area (Å²) >= 11 is 0. The van der Waals surface area contributed by atoms with E-state index in [1.54, 1.807) is 31.2 Å². The van der Waals surface area contributed by atoms with Gasteiger partial charge in [0.1, 0.15) is 11.7 Å². The number of carbonyl (C=O) groups is 1. The Bertz CT molecular complexity index is 946. The summed E-state index contributed by atoms with van der Waals surface area (Å²) in [5.41, 5.74) is 6.26. The Hall–Kier alpha value is -3.00. The Balaban J connectivity index is 1.76. The van der Waals surface area contributed by atoms with Crippen molar-refractivity contribution in [2.45, 2.75) is 45.4 Å². The SMILES string of the molecule is CCOC(C(=O)NCc1ccc(C(=N)N)cc1)c1c(F)ccc(OC(C)C2CC2)c1F. The first-order valence-corrected chi connectivity index (χ1v) is 10.3. The molecule has 4 N–H and O–H groups in total. The molecule has 8 heteroatoms. The van der Waals surface area contributed by atoms with Crippen LogP contribution in [-0.4, -0.2) is 24.5 Å². The van der Waals surface area contributed by atoms with Gasteiger partial charge in [-0.15, -0.1) is 0 Å². The Morgan fingerprint density at radius 3 is 2.48 bits per heavy atom. The van der Waals surface area contributed by atoms with Crippen LogP contribution in [0.3, 0.4) is 0 Å². The molecule has 2 aromatic rings. The topological polar surface area (TPSA) is 97.4 Å². The highest BCUT2D eigenvalue weighted by atomic mass is 19.1. The first kappa shape index (κ1) is 22.7. The van der Waals surface area contributed by atoms with Crippen molar-refractivity contribution in [3.8, 4) is 5.75 Å². The largest absolute Gasteiger partial charge is 0.487 e. The number of hydrogen-bond acceptors (Lipinski definition) is 4. The van der Waals surface area contributed by atoms with E-state index in [-0.39, 0.29) is 30.8 Å². The fraction of sp³-hybridized carbons (Fsp3) is 0.391. The average molecular weight is 431 g/mol. The first-order valence-electron chi connectivity index (χ1n) is 10.3. The van der Waals surface area contributed by atoms with Crippen LogP contribution in [0.25, 0.3) is 0 Å². The van der Waals surface area contributed by atoms with Crippen LogP contribution in [0.4, 0.5) is 8.78 Å². The number of rotatable bonds is 10. The highest BCUT2D eigenvalue weighted by Crippen LogP contribution is 2.37. The molecule has 0 radical (unpaired) electrons. The number of nitrogen functional groups attached to an aromatic ring is 1. The number of ether oxygens (including phenoxy) is 2. The van der Waals surface area contributed by atoms with Gasteiger partial charge in [-0.05, 0) is 50.3 Å². The van der Waals surface area contributed by atoms with Crippen molar-refractivity contribution in [1.82, 2.24) is 5.32 Å². The first-order chi connectivity index (χ1) is 14.8. The number of nitrogens with two attached hydrogens (primary N) is 1. The molecule has 31 heavy (non-hydrogen) atoms. The minimum atomic E-state index is -1.46. The molecule has 0 bridgehead atoms. The molecule has 166 valence electrons. The van der Waals surface area contributed by atoms with Crippen LogP contribution < -0.4 is 15.8 Å². The van der Waals surface area contributed by atoms with Crippen molar-refractivity contribution in [3.05, 3.63) is 64.7 Å². The third kappa shape index (κ3) is 5.58. The predicted molar refractivity (Wildman–Crippen MR) is 113 cm³/mol. The van der Waals surface area contributed by atoms with Crippen molar-refractivity contribution in [2.75, 3.05) is 6.61 Å². The van der Waals surface area contributed by atoms with Gasteiger partial charge in [0.05, 0.1) is 11.7 Å². The molecule has 2 unspecified atom stereocenters. The maximum atomic E-state index is 15.1. The summed E-state index contributed by atoms with van der Waals surface area (Å²) in [4.78, 5) is 12.8. The molecule has 0 heterocycles. The number of amidine groups is 1. The molecule has 1 aliphatic rings. The van der Waals surface area contributed by atoms with Gasteiger partial charge in [-0.1, -0.05) is 24.3 Å². The van der Waals surface area contributed by atoms with Gasteiger partial charge < -0.3 is 20.5 Å². The third-order valence-electron chi connectivity index (χ3n) is 5.26. The fourth-order valence-corrected chi connectivity index (χ4v) is 3.28. The van der Waals surface area contributed by atoms with E-state index in [0.717, 1.165) is 24.5 Å². The molecule has 0 saturated heterocycles. The number of benzene rings is 2. The second-order valence-electron chi connectivity index (χ2n) is 7.60. The molecular formula is C23H27F2N3O3. The predicted octanol–water partition coefficient (Wildman–Crippen LogP) is 3.82. The maximum absolute atomic E-state index is 15.1. The molecular weight excluding hydrogens is 404 g/mol. The summed E-state index contributed by atoms with van der Waals surface area (Å²) in [6.45, 7) is 3.71. The van der Waals surface area contributed by atoms with Gasteiger partial charge in [0, 0.05) is 18.7 Å². The van der Waals surface area contributed by atoms with Crippen molar-refractivity contribution < 1.29 is 23.0 Å². The molecule has 0 aliphatic heterocycles. The van der Waals surface area contributed by atoms with E-state index in [1.807, 2.05) is 6.92 Å². The zero-order valence-electron chi connectivity index (χ0n) is 17.6. The van der Waals surface area contributed by atoms with Gasteiger partial charge in [-0.3, -0.25) is 10.2 Å². The van der Waals surface area contributed by atoms with E-state index in [9.17, 15) is 9.18 Å². The summed E-state index contributed by atoms with van der Waals surface area (Å²) in [7, 11) is 0. The number of amides is 1. The van der Waals surface area contributed by atoms with Gasteiger partial charge in [-0.25, -0.2) is 8.78 Å². The average Bonchev–Trinajstić information content (AvgIpc) is 3.59. The third-order valence-corrected chi connectivity index (χ3v) is 5.26. The lowest BCUT2D eigenvalue weighted by Crippen LogP contribution is -2.32. The van der Waals surface area contributed by atoms with Crippen molar-refractivity contribution in [1.29, 1.82) is 5.41 Å². The number of carbonyl (C=O) groups excluding carboxylic acids is 1. The van der Waals surface area contributed by atoms with Crippen LogP contribution in [0, 0.1) is 23.0 Å². The normalized spacial score (nSPS) is 15.2. The van der Waals surface area contributed by atoms with Gasteiger partial charge >= 0.3 is 0 Å². The Labute approximate surface area is 180 Å². The minimum Gasteiger partial charge on any atom is -0.487 e. The minimum absolute atomic E-state index is 0.0592. The molecule has 2 atom stereocenters. The van der Waals surface area contributed by atoms with Crippen LogP contribution in [0.1, 0.15) is 49.5 Å². The second kappa shape index (κ2) is 9.87. The molecule has 1 saturated carbocycles. The van der Waals surface area contributed by atoms with E-state index < -0.39 is 29.2 Å². The zero-order valence-corrected chi connectivity index (χ0v) is 17.6.